The summed E-state index contributed by atoms with van der Waals surface area (Å²) in [5.41, 5.74) is 3.63. The number of carbonyl (C=O) groups excluding carboxylic acids is 3. The maximum absolute atomic E-state index is 12.8. The van der Waals surface area contributed by atoms with Crippen molar-refractivity contribution in [3.05, 3.63) is 136 Å². The second-order valence-corrected chi connectivity index (χ2v) is 9.19. The SMILES string of the molecule is C=CCOc1ccc(C(=O)NN=Cc2ccc(OC(=O)c3ccc(Cl)cc3)cc2OC(=O)c2ccc(Cl)cc2)cc1. The molecule has 0 aliphatic rings. The highest BCUT2D eigenvalue weighted by molar-refractivity contribution is 6.31. The number of ether oxygens (including phenoxy) is 3. The lowest BCUT2D eigenvalue weighted by atomic mass is 10.2. The Labute approximate surface area is 245 Å². The normalized spacial score (nSPS) is 10.6. The summed E-state index contributed by atoms with van der Waals surface area (Å²) < 4.78 is 16.5. The van der Waals surface area contributed by atoms with Crippen LogP contribution in [0.5, 0.6) is 17.2 Å². The summed E-state index contributed by atoms with van der Waals surface area (Å²) in [5, 5.41) is 4.92. The maximum atomic E-state index is 12.8. The van der Waals surface area contributed by atoms with E-state index in [1.54, 1.807) is 54.6 Å². The summed E-state index contributed by atoms with van der Waals surface area (Å²) in [6.45, 7) is 3.94. The Hall–Kier alpha value is -4.92. The van der Waals surface area contributed by atoms with Gasteiger partial charge in [0.05, 0.1) is 17.3 Å². The molecule has 0 fully saturated rings. The minimum absolute atomic E-state index is 0.0353. The Kier molecular flexibility index (Phi) is 9.88. The predicted octanol–water partition coefficient (Wildman–Crippen LogP) is 6.76. The van der Waals surface area contributed by atoms with Crippen LogP contribution in [0.4, 0.5) is 0 Å². The van der Waals surface area contributed by atoms with Gasteiger partial charge in [-0.05, 0) is 84.9 Å². The summed E-state index contributed by atoms with van der Waals surface area (Å²) in [4.78, 5) is 37.9. The molecule has 10 heteroatoms. The summed E-state index contributed by atoms with van der Waals surface area (Å²) >= 11 is 11.8. The van der Waals surface area contributed by atoms with Crippen molar-refractivity contribution in [3.63, 3.8) is 0 Å². The molecule has 1 amide bonds. The van der Waals surface area contributed by atoms with Gasteiger partial charge in [-0.3, -0.25) is 4.79 Å². The van der Waals surface area contributed by atoms with E-state index >= 15 is 0 Å². The van der Waals surface area contributed by atoms with E-state index in [0.717, 1.165) is 0 Å². The van der Waals surface area contributed by atoms with Crippen molar-refractivity contribution in [2.45, 2.75) is 0 Å². The number of esters is 2. The molecule has 4 aromatic carbocycles. The van der Waals surface area contributed by atoms with Gasteiger partial charge in [0.15, 0.2) is 0 Å². The fourth-order valence-electron chi connectivity index (χ4n) is 3.35. The highest BCUT2D eigenvalue weighted by atomic mass is 35.5. The lowest BCUT2D eigenvalue weighted by molar-refractivity contribution is 0.0732. The third-order valence-corrected chi connectivity index (χ3v) is 5.92. The van der Waals surface area contributed by atoms with E-state index in [4.69, 9.17) is 37.4 Å². The van der Waals surface area contributed by atoms with Crippen LogP contribution in [0.3, 0.4) is 0 Å². The first kappa shape index (κ1) is 29.1. The second kappa shape index (κ2) is 13.9. The molecule has 8 nitrogen and oxygen atoms in total. The standard InChI is InChI=1S/C31H22Cl2N2O6/c1-2-17-39-26-14-7-20(8-15-26)29(36)35-34-19-23-9-16-27(40-30(37)21-3-10-24(32)11-4-21)18-28(23)41-31(38)22-5-12-25(33)13-6-22/h2-16,18-19H,1,17H2,(H,35,36). The van der Waals surface area contributed by atoms with Crippen molar-refractivity contribution in [2.75, 3.05) is 6.61 Å². The topological polar surface area (TPSA) is 103 Å². The van der Waals surface area contributed by atoms with Gasteiger partial charge < -0.3 is 14.2 Å². The molecular weight excluding hydrogens is 567 g/mol. The first-order valence-corrected chi connectivity index (χ1v) is 12.8. The van der Waals surface area contributed by atoms with Gasteiger partial charge in [-0.1, -0.05) is 35.9 Å². The smallest absolute Gasteiger partial charge is 0.343 e. The van der Waals surface area contributed by atoms with Crippen molar-refractivity contribution in [2.24, 2.45) is 5.10 Å². The number of carbonyl (C=O) groups is 3. The summed E-state index contributed by atoms with van der Waals surface area (Å²) in [7, 11) is 0. The lowest BCUT2D eigenvalue weighted by Gasteiger charge is -2.11. The average Bonchev–Trinajstić information content (AvgIpc) is 2.98. The van der Waals surface area contributed by atoms with Crippen LogP contribution >= 0.6 is 23.2 Å². The van der Waals surface area contributed by atoms with Gasteiger partial charge in [-0.25, -0.2) is 15.0 Å². The molecule has 0 atom stereocenters. The third-order valence-electron chi connectivity index (χ3n) is 5.41. The van der Waals surface area contributed by atoms with Crippen LogP contribution in [0.25, 0.3) is 0 Å². The summed E-state index contributed by atoms with van der Waals surface area (Å²) in [6, 6.07) is 23.2. The zero-order valence-electron chi connectivity index (χ0n) is 21.4. The lowest BCUT2D eigenvalue weighted by Crippen LogP contribution is -2.17. The van der Waals surface area contributed by atoms with Crippen molar-refractivity contribution in [1.82, 2.24) is 5.43 Å². The zero-order chi connectivity index (χ0) is 29.2. The second-order valence-electron chi connectivity index (χ2n) is 8.32. The van der Waals surface area contributed by atoms with Gasteiger partial charge in [0.1, 0.15) is 23.9 Å². The molecule has 0 radical (unpaired) electrons. The van der Waals surface area contributed by atoms with Gasteiger partial charge >= 0.3 is 11.9 Å². The highest BCUT2D eigenvalue weighted by Crippen LogP contribution is 2.26. The minimum atomic E-state index is -0.680. The molecule has 0 aromatic heterocycles. The molecule has 4 rings (SSSR count). The molecule has 0 aliphatic heterocycles. The van der Waals surface area contributed by atoms with Crippen molar-refractivity contribution >= 4 is 47.3 Å². The van der Waals surface area contributed by atoms with Gasteiger partial charge in [0, 0.05) is 27.2 Å². The third kappa shape index (κ3) is 8.28. The monoisotopic (exact) mass is 588 g/mol. The summed E-state index contributed by atoms with van der Waals surface area (Å²) in [6.07, 6.45) is 2.92. The number of amides is 1. The number of hydrogen-bond acceptors (Lipinski definition) is 7. The number of rotatable bonds is 10. The van der Waals surface area contributed by atoms with Gasteiger partial charge in [-0.2, -0.15) is 5.10 Å². The first-order valence-electron chi connectivity index (χ1n) is 12.1. The van der Waals surface area contributed by atoms with E-state index in [1.165, 1.54) is 48.7 Å². The van der Waals surface area contributed by atoms with Crippen LogP contribution in [0.15, 0.2) is 109 Å². The molecule has 41 heavy (non-hydrogen) atoms. The number of nitrogens with one attached hydrogen (secondary N) is 1. The number of benzene rings is 4. The molecule has 0 unspecified atom stereocenters. The Morgan fingerprint density at radius 1 is 0.732 bits per heavy atom. The molecule has 0 heterocycles. The fourth-order valence-corrected chi connectivity index (χ4v) is 3.60. The molecule has 1 N–H and O–H groups in total. The molecule has 4 aromatic rings. The van der Waals surface area contributed by atoms with Crippen LogP contribution in [0, 0.1) is 0 Å². The number of hydrogen-bond donors (Lipinski definition) is 1. The Bertz CT molecular complexity index is 1580. The predicted molar refractivity (Wildman–Crippen MR) is 156 cm³/mol. The van der Waals surface area contributed by atoms with Crippen molar-refractivity contribution in [3.8, 4) is 17.2 Å². The van der Waals surface area contributed by atoms with Gasteiger partial charge in [0.25, 0.3) is 5.91 Å². The first-order chi connectivity index (χ1) is 19.8. The van der Waals surface area contributed by atoms with Gasteiger partial charge in [-0.15, -0.1) is 0 Å². The van der Waals surface area contributed by atoms with E-state index in [1.807, 2.05) is 0 Å². The van der Waals surface area contributed by atoms with Crippen LogP contribution in [-0.4, -0.2) is 30.7 Å². The Morgan fingerprint density at radius 2 is 1.27 bits per heavy atom. The zero-order valence-corrected chi connectivity index (χ0v) is 22.9. The van der Waals surface area contributed by atoms with E-state index in [9.17, 15) is 14.4 Å². The van der Waals surface area contributed by atoms with E-state index in [0.29, 0.717) is 33.5 Å². The maximum Gasteiger partial charge on any atom is 0.343 e. The van der Waals surface area contributed by atoms with Crippen LogP contribution < -0.4 is 19.6 Å². The fraction of sp³-hybridized carbons (Fsp3) is 0.0323. The Balaban J connectivity index is 1.52. The highest BCUT2D eigenvalue weighted by Gasteiger charge is 2.15. The number of halogens is 2. The number of hydrazone groups is 1. The van der Waals surface area contributed by atoms with Gasteiger partial charge in [0.2, 0.25) is 0 Å². The molecule has 0 bridgehead atoms. The molecule has 206 valence electrons. The molecule has 0 saturated heterocycles. The van der Waals surface area contributed by atoms with Crippen molar-refractivity contribution < 1.29 is 28.6 Å². The van der Waals surface area contributed by atoms with Crippen molar-refractivity contribution in [1.29, 1.82) is 0 Å². The molecule has 0 spiro atoms. The molecular formula is C31H22Cl2N2O6. The minimum Gasteiger partial charge on any atom is -0.490 e. The number of nitrogens with zero attached hydrogens (tertiary/aromatic N) is 1. The largest absolute Gasteiger partial charge is 0.490 e. The average molecular weight is 589 g/mol. The van der Waals surface area contributed by atoms with E-state index < -0.39 is 17.8 Å². The van der Waals surface area contributed by atoms with E-state index in [2.05, 4.69) is 17.1 Å². The Morgan fingerprint density at radius 3 is 1.85 bits per heavy atom. The van der Waals surface area contributed by atoms with E-state index in [-0.39, 0.29) is 22.6 Å². The van der Waals surface area contributed by atoms with Crippen LogP contribution in [0.2, 0.25) is 10.0 Å². The van der Waals surface area contributed by atoms with Crippen LogP contribution in [0.1, 0.15) is 36.6 Å². The molecule has 0 aliphatic carbocycles. The molecule has 0 saturated carbocycles. The van der Waals surface area contributed by atoms with Crippen LogP contribution in [-0.2, 0) is 0 Å². The quantitative estimate of drug-likeness (QED) is 0.0721. The summed E-state index contributed by atoms with van der Waals surface area (Å²) in [5.74, 6) is -1.04.